The molecule has 0 aliphatic rings. The number of nitrogen functional groups attached to an aromatic ring is 3. The Bertz CT molecular complexity index is 280. The summed E-state index contributed by atoms with van der Waals surface area (Å²) in [5.41, 5.74) is 26.0. The number of anilines is 3. The van der Waals surface area contributed by atoms with Crippen molar-refractivity contribution in [1.82, 2.24) is 20.3 Å². The lowest BCUT2D eigenvalue weighted by atomic mass is 10.4. The molecule has 1 aromatic rings. The van der Waals surface area contributed by atoms with Crippen molar-refractivity contribution >= 4 is 24.6 Å². The smallest absolute Gasteiger partial charge is 0.226 e. The van der Waals surface area contributed by atoms with Crippen LogP contribution in [0.4, 0.5) is 17.8 Å². The molecule has 20 heavy (non-hydrogen) atoms. The molecule has 10 nitrogen and oxygen atoms in total. The largest absolute Gasteiger partial charge is 0.368 e. The monoisotopic (exact) mass is 287 g/mol. The molecule has 1 heterocycles. The third-order valence-electron chi connectivity index (χ3n) is 1.80. The predicted molar refractivity (Wildman–Crippen MR) is 80.4 cm³/mol. The highest BCUT2D eigenvalue weighted by atomic mass is 16.1. The van der Waals surface area contributed by atoms with Crippen molar-refractivity contribution in [2.24, 2.45) is 11.5 Å². The van der Waals surface area contributed by atoms with E-state index in [1.54, 1.807) is 0 Å². The second-order valence-electron chi connectivity index (χ2n) is 3.44. The molecule has 1 aromatic heterocycles. The first kappa shape index (κ1) is 20.3. The molecule has 10 heteroatoms. The molecular formula is C10H25N9O. The summed E-state index contributed by atoms with van der Waals surface area (Å²) in [6.07, 6.45) is 2.12. The summed E-state index contributed by atoms with van der Waals surface area (Å²) in [6, 6.07) is 0. The first-order chi connectivity index (χ1) is 9.60. The maximum absolute atomic E-state index is 8.00. The van der Waals surface area contributed by atoms with Gasteiger partial charge < -0.3 is 38.8 Å². The van der Waals surface area contributed by atoms with Crippen LogP contribution in [0.25, 0.3) is 0 Å². The third-order valence-corrected chi connectivity index (χ3v) is 1.80. The van der Waals surface area contributed by atoms with Crippen LogP contribution >= 0.6 is 0 Å². The summed E-state index contributed by atoms with van der Waals surface area (Å²) in [6.45, 7) is 5.60. The Kier molecular flexibility index (Phi) is 15.2. The Labute approximate surface area is 118 Å². The molecule has 116 valence electrons. The van der Waals surface area contributed by atoms with Gasteiger partial charge in [0.2, 0.25) is 17.8 Å². The van der Waals surface area contributed by atoms with E-state index in [4.69, 9.17) is 33.5 Å². The van der Waals surface area contributed by atoms with Crippen LogP contribution in [0.5, 0.6) is 0 Å². The fraction of sp³-hybridized carbons (Fsp3) is 0.600. The minimum Gasteiger partial charge on any atom is -0.368 e. The SMILES string of the molecule is C=O.NCCCNCCCN.Nc1nc(N)nc(N)n1. The first-order valence-corrected chi connectivity index (χ1v) is 6.02. The van der Waals surface area contributed by atoms with Crippen LogP contribution in [-0.4, -0.2) is 47.9 Å². The Morgan fingerprint density at radius 3 is 1.35 bits per heavy atom. The molecule has 0 amide bonds. The number of aromatic nitrogens is 3. The standard InChI is InChI=1S/C6H17N3.C3H6N6.CH2O/c7-3-1-5-9-6-2-4-8;4-1-7-2(5)9-3(6)8-1;1-2/h9H,1-8H2;(H6,4,5,6,7,8,9);1H2. The second kappa shape index (κ2) is 15.0. The lowest BCUT2D eigenvalue weighted by molar-refractivity contribution is -0.0979. The zero-order valence-corrected chi connectivity index (χ0v) is 11.6. The third kappa shape index (κ3) is 14.0. The zero-order valence-electron chi connectivity index (χ0n) is 11.6. The van der Waals surface area contributed by atoms with E-state index in [1.165, 1.54) is 0 Å². The van der Waals surface area contributed by atoms with E-state index in [1.807, 2.05) is 6.79 Å². The van der Waals surface area contributed by atoms with Crippen LogP contribution in [0.2, 0.25) is 0 Å². The van der Waals surface area contributed by atoms with E-state index in [2.05, 4.69) is 20.3 Å². The molecule has 0 fully saturated rings. The number of carbonyl (C=O) groups excluding carboxylic acids is 1. The first-order valence-electron chi connectivity index (χ1n) is 6.02. The average molecular weight is 287 g/mol. The highest BCUT2D eigenvalue weighted by molar-refractivity contribution is 5.33. The second-order valence-corrected chi connectivity index (χ2v) is 3.44. The van der Waals surface area contributed by atoms with E-state index in [0.717, 1.165) is 39.0 Å². The molecule has 0 saturated heterocycles. The van der Waals surface area contributed by atoms with Crippen molar-refractivity contribution in [1.29, 1.82) is 0 Å². The van der Waals surface area contributed by atoms with Gasteiger partial charge in [0.1, 0.15) is 6.79 Å². The van der Waals surface area contributed by atoms with E-state index >= 15 is 0 Å². The fourth-order valence-corrected chi connectivity index (χ4v) is 1.01. The molecule has 0 unspecified atom stereocenters. The molecular weight excluding hydrogens is 262 g/mol. The average Bonchev–Trinajstić information content (AvgIpc) is 2.40. The van der Waals surface area contributed by atoms with Crippen molar-refractivity contribution in [3.63, 3.8) is 0 Å². The molecule has 0 aliphatic carbocycles. The van der Waals surface area contributed by atoms with Crippen LogP contribution < -0.4 is 34.0 Å². The van der Waals surface area contributed by atoms with Gasteiger partial charge in [0.05, 0.1) is 0 Å². The van der Waals surface area contributed by atoms with Crippen molar-refractivity contribution < 1.29 is 4.79 Å². The number of nitrogens with one attached hydrogen (secondary N) is 1. The number of carbonyl (C=O) groups is 1. The molecule has 0 saturated carbocycles. The van der Waals surface area contributed by atoms with E-state index in [9.17, 15) is 0 Å². The van der Waals surface area contributed by atoms with E-state index < -0.39 is 0 Å². The number of hydrogen-bond donors (Lipinski definition) is 6. The quantitative estimate of drug-likeness (QED) is 0.309. The summed E-state index contributed by atoms with van der Waals surface area (Å²) >= 11 is 0. The summed E-state index contributed by atoms with van der Waals surface area (Å²) in [5.74, 6) is 0.125. The minimum absolute atomic E-state index is 0.0417. The highest BCUT2D eigenvalue weighted by Gasteiger charge is 1.93. The van der Waals surface area contributed by atoms with Gasteiger partial charge in [0.15, 0.2) is 0 Å². The molecule has 0 aromatic carbocycles. The number of rotatable bonds is 6. The van der Waals surface area contributed by atoms with Crippen molar-refractivity contribution in [3.05, 3.63) is 0 Å². The molecule has 0 spiro atoms. The molecule has 0 bridgehead atoms. The number of hydrogen-bond acceptors (Lipinski definition) is 10. The summed E-state index contributed by atoms with van der Waals surface area (Å²) < 4.78 is 0. The lowest BCUT2D eigenvalue weighted by Crippen LogP contribution is -2.21. The van der Waals surface area contributed by atoms with Crippen LogP contribution in [0, 0.1) is 0 Å². The maximum atomic E-state index is 8.00. The number of nitrogens with two attached hydrogens (primary N) is 5. The van der Waals surface area contributed by atoms with Crippen molar-refractivity contribution in [2.75, 3.05) is 43.4 Å². The Morgan fingerprint density at radius 1 is 0.800 bits per heavy atom. The van der Waals surface area contributed by atoms with Gasteiger partial charge in [0.25, 0.3) is 0 Å². The van der Waals surface area contributed by atoms with E-state index in [-0.39, 0.29) is 17.8 Å². The fourth-order valence-electron chi connectivity index (χ4n) is 1.01. The normalized spacial score (nSPS) is 8.90. The zero-order chi connectivity index (χ0) is 15.8. The van der Waals surface area contributed by atoms with Gasteiger partial charge in [-0.25, -0.2) is 0 Å². The van der Waals surface area contributed by atoms with Crippen molar-refractivity contribution in [3.8, 4) is 0 Å². The summed E-state index contributed by atoms with van der Waals surface area (Å²) in [7, 11) is 0. The van der Waals surface area contributed by atoms with Gasteiger partial charge in [-0.05, 0) is 39.0 Å². The summed E-state index contributed by atoms with van der Waals surface area (Å²) in [4.78, 5) is 18.5. The Hall–Kier alpha value is -2.04. The minimum atomic E-state index is 0.0417. The Balaban J connectivity index is 0. The van der Waals surface area contributed by atoms with Crippen LogP contribution in [0.1, 0.15) is 12.8 Å². The van der Waals surface area contributed by atoms with Gasteiger partial charge in [-0.3, -0.25) is 0 Å². The van der Waals surface area contributed by atoms with Crippen LogP contribution in [0.3, 0.4) is 0 Å². The molecule has 1 rings (SSSR count). The molecule has 0 radical (unpaired) electrons. The van der Waals surface area contributed by atoms with Gasteiger partial charge in [0, 0.05) is 0 Å². The summed E-state index contributed by atoms with van der Waals surface area (Å²) in [5, 5.41) is 3.23. The number of nitrogens with zero attached hydrogens (tertiary/aromatic N) is 3. The van der Waals surface area contributed by atoms with Gasteiger partial charge in [-0.15, -0.1) is 0 Å². The van der Waals surface area contributed by atoms with E-state index in [0.29, 0.717) is 0 Å². The van der Waals surface area contributed by atoms with Crippen LogP contribution in [-0.2, 0) is 4.79 Å². The van der Waals surface area contributed by atoms with Gasteiger partial charge >= 0.3 is 0 Å². The predicted octanol–water partition coefficient (Wildman–Crippen LogP) is -2.29. The van der Waals surface area contributed by atoms with Crippen molar-refractivity contribution in [2.45, 2.75) is 12.8 Å². The molecule has 11 N–H and O–H groups in total. The van der Waals surface area contributed by atoms with Gasteiger partial charge in [-0.1, -0.05) is 0 Å². The Morgan fingerprint density at radius 2 is 1.10 bits per heavy atom. The maximum Gasteiger partial charge on any atom is 0.226 e. The topological polar surface area (TPSA) is 198 Å². The molecule has 0 atom stereocenters. The van der Waals surface area contributed by atoms with Gasteiger partial charge in [-0.2, -0.15) is 15.0 Å². The lowest BCUT2D eigenvalue weighted by Gasteiger charge is -2.00. The molecule has 0 aliphatic heterocycles. The van der Waals surface area contributed by atoms with Crippen LogP contribution in [0.15, 0.2) is 0 Å². The highest BCUT2D eigenvalue weighted by Crippen LogP contribution is 1.97.